The van der Waals surface area contributed by atoms with Gasteiger partial charge in [0.2, 0.25) is 0 Å². The van der Waals surface area contributed by atoms with Crippen molar-refractivity contribution >= 4 is 13.7 Å². The van der Waals surface area contributed by atoms with Crippen molar-refractivity contribution in [1.82, 2.24) is 10.6 Å². The van der Waals surface area contributed by atoms with Crippen LogP contribution in [0.5, 0.6) is 0 Å². The van der Waals surface area contributed by atoms with Crippen LogP contribution in [0.1, 0.15) is 71.6 Å². The first-order chi connectivity index (χ1) is 19.0. The van der Waals surface area contributed by atoms with Gasteiger partial charge in [-0.25, -0.2) is 10.0 Å². The number of ether oxygens (including phenoxy) is 1. The minimum atomic E-state index is -4.04. The van der Waals surface area contributed by atoms with Crippen LogP contribution in [0, 0.1) is 0 Å². The van der Waals surface area contributed by atoms with Crippen LogP contribution in [0.3, 0.4) is 0 Å². The highest BCUT2D eigenvalue weighted by Gasteiger charge is 2.45. The molecular weight excluding hydrogens is 551 g/mol. The van der Waals surface area contributed by atoms with Crippen molar-refractivity contribution in [2.45, 2.75) is 84.6 Å². The van der Waals surface area contributed by atoms with Crippen LogP contribution in [-0.4, -0.2) is 38.2 Å². The number of aliphatic hydroxyl groups excluding tert-OH is 1. The average Bonchev–Trinajstić information content (AvgIpc) is 3.37. The van der Waals surface area contributed by atoms with Crippen LogP contribution in [0.25, 0.3) is 11.1 Å². The van der Waals surface area contributed by atoms with Crippen molar-refractivity contribution in [3.05, 3.63) is 77.7 Å². The molecule has 1 amide bonds. The molecule has 0 spiro atoms. The number of hydroxylamine groups is 1. The minimum absolute atomic E-state index is 0.0542. The van der Waals surface area contributed by atoms with Crippen LogP contribution in [0.2, 0.25) is 0 Å². The molecule has 0 fully saturated rings. The fraction of sp³-hybridized carbons (Fsp3) is 0.448. The van der Waals surface area contributed by atoms with Crippen molar-refractivity contribution in [2.24, 2.45) is 0 Å². The van der Waals surface area contributed by atoms with Crippen LogP contribution < -0.4 is 5.48 Å². The van der Waals surface area contributed by atoms with Gasteiger partial charge in [-0.1, -0.05) is 59.8 Å². The van der Waals surface area contributed by atoms with E-state index in [9.17, 15) is 19.7 Å². The molecule has 12 heteroatoms. The number of nitrogens with zero attached hydrogens (tertiary/aromatic N) is 1. The molecule has 0 aliphatic carbocycles. The summed E-state index contributed by atoms with van der Waals surface area (Å²) in [4.78, 5) is 12.6. The Bertz CT molecular complexity index is 1310. The molecule has 0 aliphatic rings. The van der Waals surface area contributed by atoms with Gasteiger partial charge >= 0.3 is 7.82 Å². The summed E-state index contributed by atoms with van der Waals surface area (Å²) in [5, 5.41) is 24.3. The third kappa shape index (κ3) is 9.31. The lowest BCUT2D eigenvalue weighted by atomic mass is 9.95. The van der Waals surface area contributed by atoms with E-state index in [1.54, 1.807) is 47.0 Å². The molecule has 2 aromatic carbocycles. The minimum Gasteiger partial charge on any atom is -0.383 e. The lowest BCUT2D eigenvalue weighted by Crippen LogP contribution is -2.50. The van der Waals surface area contributed by atoms with Gasteiger partial charge in [-0.2, -0.15) is 0 Å². The SMILES string of the molecule is CC(C)(C)OP(=O)(OCc1cc([C@H](O)[C@](C)(OCc2ccc(-c3ccccc3)cc2)C(=O)NO)no1)OC(C)(C)C. The maximum atomic E-state index is 13.3. The molecule has 3 aromatic rings. The predicted molar refractivity (Wildman–Crippen MR) is 151 cm³/mol. The van der Waals surface area contributed by atoms with Crippen LogP contribution in [0.15, 0.2) is 65.2 Å². The normalized spacial score (nSPS) is 14.9. The maximum Gasteiger partial charge on any atom is 0.476 e. The maximum absolute atomic E-state index is 13.3. The van der Waals surface area contributed by atoms with Crippen molar-refractivity contribution in [1.29, 1.82) is 0 Å². The summed E-state index contributed by atoms with van der Waals surface area (Å²) < 4.78 is 41.1. The van der Waals surface area contributed by atoms with Gasteiger partial charge in [-0.15, -0.1) is 0 Å². The Morgan fingerprint density at radius 1 is 0.927 bits per heavy atom. The lowest BCUT2D eigenvalue weighted by molar-refractivity contribution is -0.174. The molecule has 0 radical (unpaired) electrons. The quantitative estimate of drug-likeness (QED) is 0.128. The second-order valence-electron chi connectivity index (χ2n) is 11.6. The highest BCUT2D eigenvalue weighted by molar-refractivity contribution is 7.48. The zero-order valence-electron chi connectivity index (χ0n) is 24.4. The number of carbonyl (C=O) groups excluding carboxylic acids is 1. The Hall–Kier alpha value is -2.89. The molecule has 3 N–H and O–H groups in total. The summed E-state index contributed by atoms with van der Waals surface area (Å²) in [6.45, 7) is 11.2. The lowest BCUT2D eigenvalue weighted by Gasteiger charge is -2.31. The number of amides is 1. The summed E-state index contributed by atoms with van der Waals surface area (Å²) >= 11 is 0. The zero-order chi connectivity index (χ0) is 30.5. The van der Waals surface area contributed by atoms with E-state index in [-0.39, 0.29) is 24.7 Å². The van der Waals surface area contributed by atoms with Gasteiger partial charge in [0.1, 0.15) is 18.4 Å². The summed E-state index contributed by atoms with van der Waals surface area (Å²) in [5.41, 5.74) is 0.644. The highest BCUT2D eigenvalue weighted by Crippen LogP contribution is 2.56. The molecular formula is C29H39N2O9P. The Balaban J connectivity index is 1.72. The van der Waals surface area contributed by atoms with E-state index in [4.69, 9.17) is 22.8 Å². The zero-order valence-corrected chi connectivity index (χ0v) is 25.3. The van der Waals surface area contributed by atoms with Crippen molar-refractivity contribution in [3.8, 4) is 11.1 Å². The number of phosphoric acid groups is 1. The summed E-state index contributed by atoms with van der Waals surface area (Å²) in [7, 11) is -4.04. The van der Waals surface area contributed by atoms with E-state index in [1.807, 2.05) is 54.6 Å². The van der Waals surface area contributed by atoms with Crippen LogP contribution in [-0.2, 0) is 40.9 Å². The molecule has 2 atom stereocenters. The van der Waals surface area contributed by atoms with Crippen LogP contribution in [0.4, 0.5) is 0 Å². The smallest absolute Gasteiger partial charge is 0.383 e. The third-order valence-corrected chi connectivity index (χ3v) is 7.66. The number of benzene rings is 2. The van der Waals surface area contributed by atoms with Gasteiger partial charge in [-0.05, 0) is 65.2 Å². The van der Waals surface area contributed by atoms with E-state index >= 15 is 0 Å². The van der Waals surface area contributed by atoms with Crippen LogP contribution >= 0.6 is 7.82 Å². The molecule has 0 bridgehead atoms. The van der Waals surface area contributed by atoms with Gasteiger partial charge in [0.25, 0.3) is 5.91 Å². The number of aromatic nitrogens is 1. The largest absolute Gasteiger partial charge is 0.476 e. The number of aliphatic hydroxyl groups is 1. The fourth-order valence-electron chi connectivity index (χ4n) is 3.73. The molecule has 1 heterocycles. The number of phosphoric ester groups is 1. The molecule has 41 heavy (non-hydrogen) atoms. The van der Waals surface area contributed by atoms with Gasteiger partial charge in [-0.3, -0.25) is 23.6 Å². The van der Waals surface area contributed by atoms with Gasteiger partial charge < -0.3 is 14.4 Å². The Labute approximate surface area is 240 Å². The number of carbonyl (C=O) groups is 1. The summed E-state index contributed by atoms with van der Waals surface area (Å²) in [6, 6.07) is 18.7. The highest BCUT2D eigenvalue weighted by atomic mass is 31.2. The van der Waals surface area contributed by atoms with E-state index in [1.165, 1.54) is 13.0 Å². The van der Waals surface area contributed by atoms with E-state index in [0.29, 0.717) is 0 Å². The van der Waals surface area contributed by atoms with Crippen molar-refractivity contribution in [2.75, 3.05) is 0 Å². The first kappa shape index (κ1) is 32.6. The first-order valence-corrected chi connectivity index (χ1v) is 14.5. The number of rotatable bonds is 12. The van der Waals surface area contributed by atoms with Gasteiger partial charge in [0.15, 0.2) is 11.4 Å². The monoisotopic (exact) mass is 590 g/mol. The molecule has 0 saturated carbocycles. The number of nitrogens with one attached hydrogen (secondary N) is 1. The second kappa shape index (κ2) is 13.0. The Morgan fingerprint density at radius 2 is 1.49 bits per heavy atom. The van der Waals surface area contributed by atoms with E-state index in [0.717, 1.165) is 16.7 Å². The Kier molecular flexibility index (Phi) is 10.3. The average molecular weight is 591 g/mol. The second-order valence-corrected chi connectivity index (χ2v) is 13.2. The Morgan fingerprint density at radius 3 is 2.02 bits per heavy atom. The third-order valence-electron chi connectivity index (χ3n) is 5.67. The molecule has 0 unspecified atom stereocenters. The molecule has 1 aromatic heterocycles. The van der Waals surface area contributed by atoms with Gasteiger partial charge in [0.05, 0.1) is 17.8 Å². The molecule has 11 nitrogen and oxygen atoms in total. The topological polar surface area (TPSA) is 150 Å². The summed E-state index contributed by atoms with van der Waals surface area (Å²) in [6.07, 6.45) is -1.65. The predicted octanol–water partition coefficient (Wildman–Crippen LogP) is 6.11. The number of hydrogen-bond donors (Lipinski definition) is 3. The van der Waals surface area contributed by atoms with Gasteiger partial charge in [0, 0.05) is 6.07 Å². The molecule has 0 saturated heterocycles. The standard InChI is InChI=1S/C29H39N2O9P/c1-27(2,3)39-41(35,40-28(4,5)6)37-19-23-17-24(31-38-23)25(32)29(7,26(33)30-34)36-18-20-13-15-22(16-14-20)21-11-9-8-10-12-21/h8-17,25,32,34H,18-19H2,1-7H3,(H,30,33)/t25-,29-/m0/s1. The summed E-state index contributed by atoms with van der Waals surface area (Å²) in [5.74, 6) is -0.911. The first-order valence-electron chi connectivity index (χ1n) is 13.1. The van der Waals surface area contributed by atoms with Crippen molar-refractivity contribution in [3.63, 3.8) is 0 Å². The van der Waals surface area contributed by atoms with E-state index in [2.05, 4.69) is 5.16 Å². The molecule has 224 valence electrons. The van der Waals surface area contributed by atoms with E-state index < -0.39 is 36.6 Å². The fourth-order valence-corrected chi connectivity index (χ4v) is 5.50. The molecule has 0 aliphatic heterocycles. The molecule has 3 rings (SSSR count). The van der Waals surface area contributed by atoms with Crippen molar-refractivity contribution < 1.29 is 42.5 Å². The number of hydrogen-bond acceptors (Lipinski definition) is 10.